The van der Waals surface area contributed by atoms with E-state index in [9.17, 15) is 4.79 Å². The van der Waals surface area contributed by atoms with E-state index in [0.717, 1.165) is 0 Å². The second-order valence-corrected chi connectivity index (χ2v) is 3.58. The molecule has 0 radical (unpaired) electrons. The Hall–Kier alpha value is -2.20. The molecule has 0 aliphatic carbocycles. The summed E-state index contributed by atoms with van der Waals surface area (Å²) in [6, 6.07) is 4.94. The number of hydrogen-bond acceptors (Lipinski definition) is 6. The highest BCUT2D eigenvalue weighted by Crippen LogP contribution is 2.07. The summed E-state index contributed by atoms with van der Waals surface area (Å²) in [5.41, 5.74) is 2.54. The number of aromatic nitrogens is 2. The monoisotopic (exact) mass is 234 g/mol. The van der Waals surface area contributed by atoms with E-state index in [1.807, 2.05) is 6.07 Å². The topological polar surface area (TPSA) is 108 Å². The first-order chi connectivity index (χ1) is 8.10. The SMILES string of the molecule is CC(CC#N)N(C)C(=O)c1ccc(NN)nn1. The molecule has 1 aromatic rings. The zero-order valence-electron chi connectivity index (χ0n) is 9.71. The van der Waals surface area contributed by atoms with Gasteiger partial charge in [-0.1, -0.05) is 0 Å². The summed E-state index contributed by atoms with van der Waals surface area (Å²) in [6.07, 6.45) is 0.276. The van der Waals surface area contributed by atoms with Gasteiger partial charge in [0, 0.05) is 13.1 Å². The molecule has 7 nitrogen and oxygen atoms in total. The molecule has 0 saturated heterocycles. The van der Waals surface area contributed by atoms with E-state index in [-0.39, 0.29) is 24.1 Å². The van der Waals surface area contributed by atoms with Crippen LogP contribution in [0.2, 0.25) is 0 Å². The molecule has 7 heteroatoms. The van der Waals surface area contributed by atoms with Crippen LogP contribution in [0.5, 0.6) is 0 Å². The number of nitrogens with one attached hydrogen (secondary N) is 1. The summed E-state index contributed by atoms with van der Waals surface area (Å²) in [6.45, 7) is 1.80. The Labute approximate surface area is 99.2 Å². The highest BCUT2D eigenvalue weighted by atomic mass is 16.2. The zero-order chi connectivity index (χ0) is 12.8. The fraction of sp³-hybridized carbons (Fsp3) is 0.400. The van der Waals surface area contributed by atoms with Gasteiger partial charge >= 0.3 is 0 Å². The van der Waals surface area contributed by atoms with Gasteiger partial charge in [-0.25, -0.2) is 5.84 Å². The lowest BCUT2D eigenvalue weighted by Gasteiger charge is -2.22. The maximum Gasteiger partial charge on any atom is 0.274 e. The number of amides is 1. The van der Waals surface area contributed by atoms with Crippen molar-refractivity contribution in [1.29, 1.82) is 5.26 Å². The van der Waals surface area contributed by atoms with Gasteiger partial charge in [0.15, 0.2) is 11.5 Å². The minimum absolute atomic E-state index is 0.165. The summed E-state index contributed by atoms with van der Waals surface area (Å²) in [5.74, 6) is 5.25. The largest absolute Gasteiger partial charge is 0.337 e. The molecule has 0 saturated carbocycles. The van der Waals surface area contributed by atoms with Crippen LogP contribution in [0, 0.1) is 11.3 Å². The fourth-order valence-corrected chi connectivity index (χ4v) is 1.17. The van der Waals surface area contributed by atoms with Gasteiger partial charge in [-0.3, -0.25) is 4.79 Å². The van der Waals surface area contributed by atoms with E-state index in [1.54, 1.807) is 20.0 Å². The molecule has 0 spiro atoms. The third-order valence-corrected chi connectivity index (χ3v) is 2.40. The molecule has 1 heterocycles. The Balaban J connectivity index is 2.78. The minimum Gasteiger partial charge on any atom is -0.337 e. The smallest absolute Gasteiger partial charge is 0.274 e. The molecule has 1 unspecified atom stereocenters. The van der Waals surface area contributed by atoms with E-state index in [2.05, 4.69) is 15.6 Å². The van der Waals surface area contributed by atoms with Crippen LogP contribution in [-0.2, 0) is 0 Å². The first kappa shape index (κ1) is 12.9. The van der Waals surface area contributed by atoms with Crippen molar-refractivity contribution in [3.63, 3.8) is 0 Å². The highest BCUT2D eigenvalue weighted by molar-refractivity contribution is 5.92. The lowest BCUT2D eigenvalue weighted by atomic mass is 10.2. The van der Waals surface area contributed by atoms with Crippen LogP contribution < -0.4 is 11.3 Å². The molecule has 0 bridgehead atoms. The van der Waals surface area contributed by atoms with E-state index in [4.69, 9.17) is 11.1 Å². The van der Waals surface area contributed by atoms with Crippen molar-refractivity contribution in [2.45, 2.75) is 19.4 Å². The Morgan fingerprint density at radius 1 is 1.65 bits per heavy atom. The quantitative estimate of drug-likeness (QED) is 0.566. The summed E-state index contributed by atoms with van der Waals surface area (Å²) in [7, 11) is 1.63. The third-order valence-electron chi connectivity index (χ3n) is 2.40. The Kier molecular flexibility index (Phi) is 4.37. The number of nitrogens with two attached hydrogens (primary N) is 1. The highest BCUT2D eigenvalue weighted by Gasteiger charge is 2.18. The van der Waals surface area contributed by atoms with Gasteiger partial charge in [0.05, 0.1) is 12.5 Å². The van der Waals surface area contributed by atoms with Crippen molar-refractivity contribution >= 4 is 11.7 Å². The summed E-state index contributed by atoms with van der Waals surface area (Å²) in [4.78, 5) is 13.4. The van der Waals surface area contributed by atoms with Gasteiger partial charge in [0.1, 0.15) is 0 Å². The average Bonchev–Trinajstić information content (AvgIpc) is 2.37. The third kappa shape index (κ3) is 3.12. The second kappa shape index (κ2) is 5.77. The van der Waals surface area contributed by atoms with E-state index < -0.39 is 0 Å². The fourth-order valence-electron chi connectivity index (χ4n) is 1.17. The number of hydrogen-bond donors (Lipinski definition) is 2. The predicted octanol–water partition coefficient (Wildman–Crippen LogP) is 0.136. The van der Waals surface area contributed by atoms with Gasteiger partial charge in [0.2, 0.25) is 0 Å². The molecule has 17 heavy (non-hydrogen) atoms. The number of anilines is 1. The molecule has 0 fully saturated rings. The standard InChI is InChI=1S/C10H14N6O/c1-7(5-6-11)16(2)10(17)8-3-4-9(13-12)15-14-8/h3-4,7H,5,12H2,1-2H3,(H,13,15). The molecule has 1 atom stereocenters. The summed E-state index contributed by atoms with van der Waals surface area (Å²) >= 11 is 0. The van der Waals surface area contributed by atoms with Crippen molar-refractivity contribution in [2.75, 3.05) is 12.5 Å². The van der Waals surface area contributed by atoms with Gasteiger partial charge in [-0.05, 0) is 19.1 Å². The number of nitrogen functional groups attached to an aromatic ring is 1. The maximum absolute atomic E-state index is 11.9. The van der Waals surface area contributed by atoms with Crippen molar-refractivity contribution in [1.82, 2.24) is 15.1 Å². The van der Waals surface area contributed by atoms with Crippen LogP contribution >= 0.6 is 0 Å². The lowest BCUT2D eigenvalue weighted by molar-refractivity contribution is 0.0739. The normalized spacial score (nSPS) is 11.4. The number of hydrazine groups is 1. The number of nitrogens with zero attached hydrogens (tertiary/aromatic N) is 4. The second-order valence-electron chi connectivity index (χ2n) is 3.58. The Bertz CT molecular complexity index is 423. The van der Waals surface area contributed by atoms with E-state index in [1.165, 1.54) is 11.0 Å². The number of carbonyl (C=O) groups excluding carboxylic acids is 1. The van der Waals surface area contributed by atoms with Crippen molar-refractivity contribution < 1.29 is 4.79 Å². The molecule has 0 aliphatic heterocycles. The summed E-state index contributed by atoms with van der Waals surface area (Å²) in [5, 5.41) is 16.0. The van der Waals surface area contributed by atoms with Gasteiger partial charge in [-0.2, -0.15) is 5.26 Å². The predicted molar refractivity (Wildman–Crippen MR) is 61.6 cm³/mol. The van der Waals surface area contributed by atoms with Crippen LogP contribution in [0.25, 0.3) is 0 Å². The summed E-state index contributed by atoms with van der Waals surface area (Å²) < 4.78 is 0. The molecular weight excluding hydrogens is 220 g/mol. The first-order valence-electron chi connectivity index (χ1n) is 5.04. The average molecular weight is 234 g/mol. The van der Waals surface area contributed by atoms with Gasteiger partial charge < -0.3 is 10.3 Å². The van der Waals surface area contributed by atoms with E-state index in [0.29, 0.717) is 5.82 Å². The van der Waals surface area contributed by atoms with Crippen LogP contribution in [0.1, 0.15) is 23.8 Å². The molecule has 3 N–H and O–H groups in total. The molecule has 1 aromatic heterocycles. The van der Waals surface area contributed by atoms with Crippen LogP contribution in [0.15, 0.2) is 12.1 Å². The van der Waals surface area contributed by atoms with Crippen LogP contribution in [0.4, 0.5) is 5.82 Å². The maximum atomic E-state index is 11.9. The van der Waals surface area contributed by atoms with Gasteiger partial charge in [-0.15, -0.1) is 10.2 Å². The number of nitriles is 1. The zero-order valence-corrected chi connectivity index (χ0v) is 9.71. The first-order valence-corrected chi connectivity index (χ1v) is 5.04. The lowest BCUT2D eigenvalue weighted by Crippen LogP contribution is -2.35. The Morgan fingerprint density at radius 2 is 2.35 bits per heavy atom. The van der Waals surface area contributed by atoms with Crippen LogP contribution in [0.3, 0.4) is 0 Å². The molecule has 90 valence electrons. The Morgan fingerprint density at radius 3 is 2.82 bits per heavy atom. The number of carbonyl (C=O) groups is 1. The molecular formula is C10H14N6O. The van der Waals surface area contributed by atoms with Gasteiger partial charge in [0.25, 0.3) is 5.91 Å². The minimum atomic E-state index is -0.274. The molecule has 1 rings (SSSR count). The molecule has 0 aromatic carbocycles. The van der Waals surface area contributed by atoms with Crippen molar-refractivity contribution in [3.8, 4) is 6.07 Å². The molecule has 1 amide bonds. The van der Waals surface area contributed by atoms with Crippen molar-refractivity contribution in [2.24, 2.45) is 5.84 Å². The number of rotatable bonds is 4. The van der Waals surface area contributed by atoms with E-state index >= 15 is 0 Å². The van der Waals surface area contributed by atoms with Crippen molar-refractivity contribution in [3.05, 3.63) is 17.8 Å². The van der Waals surface area contributed by atoms with Crippen LogP contribution in [-0.4, -0.2) is 34.1 Å². The molecule has 0 aliphatic rings.